The Kier molecular flexibility index (Phi) is 2.39. The van der Waals surface area contributed by atoms with E-state index in [1.807, 2.05) is 13.0 Å². The van der Waals surface area contributed by atoms with Gasteiger partial charge in [-0.1, -0.05) is 0 Å². The third-order valence-corrected chi connectivity index (χ3v) is 2.82. The molecular weight excluding hydrogens is 176 g/mol. The summed E-state index contributed by atoms with van der Waals surface area (Å²) in [5.41, 5.74) is 10.9. The zero-order valence-electron chi connectivity index (χ0n) is 8.33. The van der Waals surface area contributed by atoms with Crippen LogP contribution in [0.25, 0.3) is 0 Å². The van der Waals surface area contributed by atoms with E-state index in [-0.39, 0.29) is 6.04 Å². The molecule has 4 nitrogen and oxygen atoms in total. The van der Waals surface area contributed by atoms with Crippen molar-refractivity contribution in [3.8, 4) is 0 Å². The predicted octanol–water partition coefficient (Wildman–Crippen LogP) is 0.887. The summed E-state index contributed by atoms with van der Waals surface area (Å²) in [6.45, 7) is 2.04. The number of aryl methyl sites for hydroxylation is 1. The molecular formula is C10H16N4. The maximum atomic E-state index is 5.86. The lowest BCUT2D eigenvalue weighted by Gasteiger charge is -2.19. The number of rotatable bonds is 3. The summed E-state index contributed by atoms with van der Waals surface area (Å²) >= 11 is 0. The van der Waals surface area contributed by atoms with Crippen LogP contribution in [0.15, 0.2) is 12.3 Å². The Hall–Kier alpha value is -1.13. The average molecular weight is 192 g/mol. The van der Waals surface area contributed by atoms with Crippen LogP contribution in [0.4, 0.5) is 5.82 Å². The Labute approximate surface area is 83.7 Å². The number of nitrogens with zero attached hydrogens (tertiary/aromatic N) is 1. The highest BCUT2D eigenvalue weighted by molar-refractivity contribution is 5.46. The van der Waals surface area contributed by atoms with E-state index in [4.69, 9.17) is 11.6 Å². The van der Waals surface area contributed by atoms with Crippen LogP contribution in [0.5, 0.6) is 0 Å². The lowest BCUT2D eigenvalue weighted by Crippen LogP contribution is -2.30. The number of pyridine rings is 1. The van der Waals surface area contributed by atoms with Gasteiger partial charge in [0.15, 0.2) is 0 Å². The minimum absolute atomic E-state index is 0.170. The van der Waals surface area contributed by atoms with Crippen LogP contribution in [0, 0.1) is 12.8 Å². The maximum Gasteiger partial charge on any atom is 0.128 e. The molecule has 0 bridgehead atoms. The van der Waals surface area contributed by atoms with Gasteiger partial charge in [-0.2, -0.15) is 0 Å². The summed E-state index contributed by atoms with van der Waals surface area (Å²) < 4.78 is 0. The van der Waals surface area contributed by atoms with E-state index in [0.717, 1.165) is 11.1 Å². The van der Waals surface area contributed by atoms with E-state index in [1.165, 1.54) is 12.8 Å². The molecule has 0 amide bonds. The van der Waals surface area contributed by atoms with E-state index in [2.05, 4.69) is 10.4 Å². The van der Waals surface area contributed by atoms with Crippen LogP contribution in [-0.4, -0.2) is 4.98 Å². The normalized spacial score (nSPS) is 18.1. The van der Waals surface area contributed by atoms with Crippen LogP contribution < -0.4 is 17.0 Å². The molecule has 4 heteroatoms. The molecule has 0 radical (unpaired) electrons. The third kappa shape index (κ3) is 1.58. The summed E-state index contributed by atoms with van der Waals surface area (Å²) in [5, 5.41) is 0. The van der Waals surface area contributed by atoms with E-state index >= 15 is 0 Å². The molecule has 1 aromatic heterocycles. The Morgan fingerprint density at radius 3 is 2.79 bits per heavy atom. The van der Waals surface area contributed by atoms with E-state index < -0.39 is 0 Å². The fraction of sp³-hybridized carbons (Fsp3) is 0.500. The second-order valence-corrected chi connectivity index (χ2v) is 3.91. The first-order chi connectivity index (χ1) is 6.74. The molecule has 2 rings (SSSR count). The quantitative estimate of drug-likeness (QED) is 0.491. The summed E-state index contributed by atoms with van der Waals surface area (Å²) in [7, 11) is 0. The zero-order valence-corrected chi connectivity index (χ0v) is 8.33. The lowest BCUT2D eigenvalue weighted by atomic mass is 9.99. The number of hydrazine groups is 1. The van der Waals surface area contributed by atoms with Crippen LogP contribution in [0.2, 0.25) is 0 Å². The summed E-state index contributed by atoms with van der Waals surface area (Å²) in [6, 6.07) is 2.14. The molecule has 1 saturated carbocycles. The van der Waals surface area contributed by atoms with Crippen LogP contribution >= 0.6 is 0 Å². The second kappa shape index (κ2) is 3.55. The monoisotopic (exact) mass is 192 g/mol. The van der Waals surface area contributed by atoms with Crippen molar-refractivity contribution in [3.05, 3.63) is 23.4 Å². The van der Waals surface area contributed by atoms with Crippen molar-refractivity contribution >= 4 is 5.82 Å². The first kappa shape index (κ1) is 9.43. The fourth-order valence-electron chi connectivity index (χ4n) is 1.88. The minimum atomic E-state index is 0.170. The molecule has 1 aliphatic carbocycles. The Morgan fingerprint density at radius 1 is 1.57 bits per heavy atom. The van der Waals surface area contributed by atoms with Gasteiger partial charge in [-0.25, -0.2) is 4.98 Å². The standard InChI is InChI=1S/C10H16N4/c1-6-4-5-13-10(11)8(6)9(14-12)7-2-3-7/h4-5,7,9,14H,2-3,12H2,1H3,(H2,11,13). The van der Waals surface area contributed by atoms with Crippen LogP contribution in [-0.2, 0) is 0 Å². The van der Waals surface area contributed by atoms with Gasteiger partial charge in [0.25, 0.3) is 0 Å². The molecule has 14 heavy (non-hydrogen) atoms. The third-order valence-electron chi connectivity index (χ3n) is 2.82. The minimum Gasteiger partial charge on any atom is -0.383 e. The second-order valence-electron chi connectivity index (χ2n) is 3.91. The molecule has 0 spiro atoms. The Bertz CT molecular complexity index is 313. The van der Waals surface area contributed by atoms with Gasteiger partial charge in [0.1, 0.15) is 5.82 Å². The topological polar surface area (TPSA) is 77.0 Å². The summed E-state index contributed by atoms with van der Waals surface area (Å²) in [6.07, 6.45) is 4.18. The van der Waals surface area contributed by atoms with Gasteiger partial charge in [-0.3, -0.25) is 11.3 Å². The molecule has 0 aromatic carbocycles. The van der Waals surface area contributed by atoms with Gasteiger partial charge in [-0.05, 0) is 37.3 Å². The van der Waals surface area contributed by atoms with Crippen molar-refractivity contribution in [3.63, 3.8) is 0 Å². The fourth-order valence-corrected chi connectivity index (χ4v) is 1.88. The number of nitrogens with one attached hydrogen (secondary N) is 1. The predicted molar refractivity (Wildman–Crippen MR) is 56.2 cm³/mol. The highest BCUT2D eigenvalue weighted by atomic mass is 15.2. The number of nitrogen functional groups attached to an aromatic ring is 1. The Morgan fingerprint density at radius 2 is 2.29 bits per heavy atom. The van der Waals surface area contributed by atoms with Crippen molar-refractivity contribution in [2.75, 3.05) is 5.73 Å². The number of aromatic nitrogens is 1. The van der Waals surface area contributed by atoms with Crippen molar-refractivity contribution in [1.82, 2.24) is 10.4 Å². The van der Waals surface area contributed by atoms with Crippen LogP contribution in [0.3, 0.4) is 0 Å². The Balaban J connectivity index is 2.36. The smallest absolute Gasteiger partial charge is 0.128 e. The van der Waals surface area contributed by atoms with Gasteiger partial charge in [0, 0.05) is 11.8 Å². The first-order valence-corrected chi connectivity index (χ1v) is 4.91. The van der Waals surface area contributed by atoms with Gasteiger partial charge in [0.05, 0.1) is 6.04 Å². The largest absolute Gasteiger partial charge is 0.383 e. The van der Waals surface area contributed by atoms with Crippen molar-refractivity contribution in [1.29, 1.82) is 0 Å². The molecule has 1 heterocycles. The average Bonchev–Trinajstić information content (AvgIpc) is 2.95. The van der Waals surface area contributed by atoms with E-state index in [0.29, 0.717) is 11.7 Å². The number of anilines is 1. The number of hydrogen-bond acceptors (Lipinski definition) is 4. The number of nitrogens with two attached hydrogens (primary N) is 2. The molecule has 1 unspecified atom stereocenters. The van der Waals surface area contributed by atoms with E-state index in [1.54, 1.807) is 6.20 Å². The zero-order chi connectivity index (χ0) is 10.1. The molecule has 1 aliphatic rings. The molecule has 1 atom stereocenters. The highest BCUT2D eigenvalue weighted by Gasteiger charge is 2.33. The highest BCUT2D eigenvalue weighted by Crippen LogP contribution is 2.42. The number of hydrogen-bond donors (Lipinski definition) is 3. The lowest BCUT2D eigenvalue weighted by molar-refractivity contribution is 0.495. The first-order valence-electron chi connectivity index (χ1n) is 4.91. The van der Waals surface area contributed by atoms with Gasteiger partial charge in [-0.15, -0.1) is 0 Å². The molecule has 0 saturated heterocycles. The summed E-state index contributed by atoms with van der Waals surface area (Å²) in [5.74, 6) is 6.78. The van der Waals surface area contributed by atoms with Crippen molar-refractivity contribution in [2.45, 2.75) is 25.8 Å². The summed E-state index contributed by atoms with van der Waals surface area (Å²) in [4.78, 5) is 4.10. The SMILES string of the molecule is Cc1ccnc(N)c1C(NN)C1CC1. The van der Waals surface area contributed by atoms with Gasteiger partial charge < -0.3 is 5.73 Å². The van der Waals surface area contributed by atoms with Crippen LogP contribution in [0.1, 0.15) is 30.0 Å². The molecule has 1 aromatic rings. The van der Waals surface area contributed by atoms with Gasteiger partial charge in [0.2, 0.25) is 0 Å². The molecule has 1 fully saturated rings. The molecule has 5 N–H and O–H groups in total. The van der Waals surface area contributed by atoms with E-state index in [9.17, 15) is 0 Å². The van der Waals surface area contributed by atoms with Gasteiger partial charge >= 0.3 is 0 Å². The van der Waals surface area contributed by atoms with Crippen molar-refractivity contribution in [2.24, 2.45) is 11.8 Å². The van der Waals surface area contributed by atoms with Crippen molar-refractivity contribution < 1.29 is 0 Å². The molecule has 76 valence electrons. The molecule has 0 aliphatic heterocycles. The maximum absolute atomic E-state index is 5.86.